The van der Waals surface area contributed by atoms with E-state index in [1.165, 1.54) is 30.3 Å². The highest BCUT2D eigenvalue weighted by Gasteiger charge is 2.44. The summed E-state index contributed by atoms with van der Waals surface area (Å²) in [6.07, 6.45) is -13.6. The van der Waals surface area contributed by atoms with Gasteiger partial charge in [0.1, 0.15) is 6.54 Å². The summed E-state index contributed by atoms with van der Waals surface area (Å²) in [5.74, 6) is -1.94. The van der Waals surface area contributed by atoms with E-state index in [1.807, 2.05) is 0 Å². The van der Waals surface area contributed by atoms with E-state index < -0.39 is 67.2 Å². The Morgan fingerprint density at radius 2 is 1.69 bits per heavy atom. The summed E-state index contributed by atoms with van der Waals surface area (Å²) in [5, 5.41) is 10.9. The average Bonchev–Trinajstić information content (AvgIpc) is 3.55. The van der Waals surface area contributed by atoms with Crippen molar-refractivity contribution in [3.8, 4) is 17.1 Å². The Morgan fingerprint density at radius 3 is 2.31 bits per heavy atom. The summed E-state index contributed by atoms with van der Waals surface area (Å²) < 4.78 is 95.6. The molecule has 0 spiro atoms. The summed E-state index contributed by atoms with van der Waals surface area (Å²) in [4.78, 5) is 41.7. The van der Waals surface area contributed by atoms with Gasteiger partial charge in [0.25, 0.3) is 0 Å². The first-order valence-electron chi connectivity index (χ1n) is 14.3. The maximum absolute atomic E-state index is 14.0. The van der Waals surface area contributed by atoms with Crippen molar-refractivity contribution < 1.29 is 45.4 Å². The molecule has 48 heavy (non-hydrogen) atoms. The Morgan fingerprint density at radius 1 is 1.00 bits per heavy atom. The van der Waals surface area contributed by atoms with Crippen molar-refractivity contribution in [3.05, 3.63) is 81.3 Å². The lowest BCUT2D eigenvalue weighted by Gasteiger charge is -2.21. The Kier molecular flexibility index (Phi) is 11.2. The summed E-state index contributed by atoms with van der Waals surface area (Å²) in [7, 11) is 0. The van der Waals surface area contributed by atoms with Crippen molar-refractivity contribution in [2.24, 2.45) is 0 Å². The predicted octanol–water partition coefficient (Wildman–Crippen LogP) is 5.53. The van der Waals surface area contributed by atoms with E-state index in [4.69, 9.17) is 16.3 Å². The molecule has 2 aromatic heterocycles. The van der Waals surface area contributed by atoms with Crippen LogP contribution in [0, 0.1) is 0 Å². The van der Waals surface area contributed by atoms with Crippen molar-refractivity contribution in [2.45, 2.75) is 64.8 Å². The zero-order valence-electron chi connectivity index (χ0n) is 25.3. The molecular weight excluding hydrogens is 676 g/mol. The molecule has 12 nitrogen and oxygen atoms in total. The minimum Gasteiger partial charge on any atom is -0.451 e. The van der Waals surface area contributed by atoms with Gasteiger partial charge in [-0.2, -0.15) is 26.3 Å². The average molecular weight is 704 g/mol. The number of carbonyl (C=O) groups excluding carboxylic acids is 2. The van der Waals surface area contributed by atoms with E-state index in [2.05, 4.69) is 25.2 Å². The molecule has 258 valence electrons. The van der Waals surface area contributed by atoms with Crippen LogP contribution in [0.5, 0.6) is 0 Å². The zero-order chi connectivity index (χ0) is 35.2. The molecule has 0 bridgehead atoms. The number of carbonyl (C=O) groups is 2. The zero-order valence-corrected chi connectivity index (χ0v) is 26.1. The molecule has 0 saturated carbocycles. The molecule has 4 rings (SSSR count). The Labute approximate surface area is 273 Å². The van der Waals surface area contributed by atoms with Gasteiger partial charge in [-0.05, 0) is 49.7 Å². The molecule has 1 atom stereocenters. The standard InChI is InChI=1S/C29H28ClF6N7O5/c1-3-7-24(44)48-21(29(34,35)36)14-41-25(17-10-12-18(30)13-11-17)40-42(27(41)46)15-22-38-23(16-47-26(45)37-4-2)43(39-22)20-9-6-5-8-19(20)28(31,32)33/h5-6,8-13,21H,3-4,7,14-16H2,1-2H3,(H,37,45)/t21-/m0/s1. The van der Waals surface area contributed by atoms with Gasteiger partial charge in [-0.15, -0.1) is 10.2 Å². The second-order valence-corrected chi connectivity index (χ2v) is 10.6. The Bertz CT molecular complexity index is 1800. The number of hydrogen-bond donors (Lipinski definition) is 1. The number of alkyl halides is 6. The van der Waals surface area contributed by atoms with Gasteiger partial charge in [-0.25, -0.2) is 23.9 Å². The maximum Gasteiger partial charge on any atom is 0.427 e. The number of halogens is 7. The molecule has 0 saturated heterocycles. The minimum absolute atomic E-state index is 0.171. The summed E-state index contributed by atoms with van der Waals surface area (Å²) in [6, 6.07) is 10.0. The van der Waals surface area contributed by atoms with Crippen LogP contribution in [0.2, 0.25) is 5.02 Å². The lowest BCUT2D eigenvalue weighted by Crippen LogP contribution is -2.40. The van der Waals surface area contributed by atoms with Crippen molar-refractivity contribution in [2.75, 3.05) is 6.54 Å². The van der Waals surface area contributed by atoms with Gasteiger partial charge in [-0.3, -0.25) is 9.36 Å². The SMILES string of the molecule is CCCC(=O)O[C@@H](Cn1c(-c2ccc(Cl)cc2)nn(Cc2nc(COC(=O)NCC)n(-c3ccccc3C(F)(F)F)n2)c1=O)C(F)(F)F. The summed E-state index contributed by atoms with van der Waals surface area (Å²) >= 11 is 5.96. The highest BCUT2D eigenvalue weighted by Crippen LogP contribution is 2.34. The third-order valence-corrected chi connectivity index (χ3v) is 6.82. The van der Waals surface area contributed by atoms with E-state index in [0.717, 1.165) is 22.9 Å². The largest absolute Gasteiger partial charge is 0.451 e. The van der Waals surface area contributed by atoms with Crippen molar-refractivity contribution in [1.82, 2.24) is 34.4 Å². The number of rotatable bonds is 12. The Balaban J connectivity index is 1.80. The molecule has 0 fully saturated rings. The lowest BCUT2D eigenvalue weighted by atomic mass is 10.1. The van der Waals surface area contributed by atoms with Gasteiger partial charge in [0.15, 0.2) is 24.1 Å². The number of esters is 1. The number of alkyl carbamates (subject to hydrolysis) is 1. The van der Waals surface area contributed by atoms with E-state index in [0.29, 0.717) is 9.25 Å². The van der Waals surface area contributed by atoms with Crippen molar-refractivity contribution >= 4 is 23.7 Å². The van der Waals surface area contributed by atoms with Gasteiger partial charge >= 0.3 is 30.1 Å². The number of ether oxygens (including phenoxy) is 2. The first-order chi connectivity index (χ1) is 22.6. The first kappa shape index (κ1) is 36.0. The van der Waals surface area contributed by atoms with Crippen LogP contribution in [0.15, 0.2) is 53.3 Å². The van der Waals surface area contributed by atoms with Crippen LogP contribution in [0.4, 0.5) is 31.1 Å². The third-order valence-electron chi connectivity index (χ3n) is 6.57. The van der Waals surface area contributed by atoms with Gasteiger partial charge < -0.3 is 14.8 Å². The van der Waals surface area contributed by atoms with Crippen molar-refractivity contribution in [1.29, 1.82) is 0 Å². The van der Waals surface area contributed by atoms with E-state index in [9.17, 15) is 40.7 Å². The number of amides is 1. The second-order valence-electron chi connectivity index (χ2n) is 10.1. The molecular formula is C29H28ClF6N7O5. The van der Waals surface area contributed by atoms with Gasteiger partial charge in [0, 0.05) is 23.6 Å². The molecule has 2 aromatic carbocycles. The monoisotopic (exact) mass is 703 g/mol. The van der Waals surface area contributed by atoms with Crippen LogP contribution in [0.3, 0.4) is 0 Å². The third kappa shape index (κ3) is 8.72. The van der Waals surface area contributed by atoms with Crippen LogP contribution >= 0.6 is 11.6 Å². The van der Waals surface area contributed by atoms with Gasteiger partial charge in [-0.1, -0.05) is 30.7 Å². The predicted molar refractivity (Wildman–Crippen MR) is 157 cm³/mol. The summed E-state index contributed by atoms with van der Waals surface area (Å²) in [5.41, 5.74) is -2.50. The number of nitrogens with one attached hydrogen (secondary N) is 1. The van der Waals surface area contributed by atoms with Crippen LogP contribution in [-0.4, -0.2) is 60.0 Å². The minimum atomic E-state index is -5.06. The fourth-order valence-electron chi connectivity index (χ4n) is 4.42. The number of para-hydroxylation sites is 1. The first-order valence-corrected chi connectivity index (χ1v) is 14.7. The number of aromatic nitrogens is 6. The van der Waals surface area contributed by atoms with E-state index in [-0.39, 0.29) is 47.4 Å². The topological polar surface area (TPSA) is 135 Å². The normalized spacial score (nSPS) is 12.5. The van der Waals surface area contributed by atoms with Crippen LogP contribution in [-0.2, 0) is 40.1 Å². The smallest absolute Gasteiger partial charge is 0.427 e. The molecule has 0 radical (unpaired) electrons. The van der Waals surface area contributed by atoms with E-state index >= 15 is 0 Å². The number of nitrogens with zero attached hydrogens (tertiary/aromatic N) is 6. The number of hydrogen-bond acceptors (Lipinski definition) is 8. The molecule has 1 amide bonds. The molecule has 2 heterocycles. The molecule has 0 unspecified atom stereocenters. The quantitative estimate of drug-likeness (QED) is 0.150. The molecule has 0 aliphatic heterocycles. The molecule has 4 aromatic rings. The maximum atomic E-state index is 14.0. The fraction of sp³-hybridized carbons (Fsp3) is 0.379. The number of benzene rings is 2. The van der Waals surface area contributed by atoms with Gasteiger partial charge in [0.2, 0.25) is 6.10 Å². The van der Waals surface area contributed by atoms with Crippen LogP contribution < -0.4 is 11.0 Å². The Hall–Kier alpha value is -4.87. The van der Waals surface area contributed by atoms with Crippen molar-refractivity contribution in [3.63, 3.8) is 0 Å². The highest BCUT2D eigenvalue weighted by atomic mass is 35.5. The molecule has 0 aliphatic rings. The molecule has 1 N–H and O–H groups in total. The van der Waals surface area contributed by atoms with Crippen LogP contribution in [0.1, 0.15) is 43.9 Å². The van der Waals surface area contributed by atoms with Crippen LogP contribution in [0.25, 0.3) is 17.1 Å². The lowest BCUT2D eigenvalue weighted by molar-refractivity contribution is -0.224. The second kappa shape index (κ2) is 14.9. The molecule has 19 heteroatoms. The molecule has 0 aliphatic carbocycles. The van der Waals surface area contributed by atoms with E-state index in [1.54, 1.807) is 13.8 Å². The fourth-order valence-corrected chi connectivity index (χ4v) is 4.54. The summed E-state index contributed by atoms with van der Waals surface area (Å²) in [6.45, 7) is 0.952. The van der Waals surface area contributed by atoms with Gasteiger partial charge in [0.05, 0.1) is 17.8 Å². The highest BCUT2D eigenvalue weighted by molar-refractivity contribution is 6.30.